The van der Waals surface area contributed by atoms with Crippen molar-refractivity contribution >= 4 is 23.5 Å². The summed E-state index contributed by atoms with van der Waals surface area (Å²) in [6, 6.07) is 9.91. The smallest absolute Gasteiger partial charge is 0.251 e. The van der Waals surface area contributed by atoms with Crippen LogP contribution in [0, 0.1) is 0 Å². The number of hydrogen-bond acceptors (Lipinski definition) is 8. The molecule has 21 heavy (non-hydrogen) atoms. The molecule has 0 saturated carbocycles. The fourth-order valence-electron chi connectivity index (χ4n) is 2.32. The topological polar surface area (TPSA) is 109 Å². The third kappa shape index (κ3) is 3.01. The average molecular weight is 286 g/mol. The van der Waals surface area contributed by atoms with E-state index in [9.17, 15) is 0 Å². The van der Waals surface area contributed by atoms with E-state index in [1.807, 2.05) is 35.3 Å². The largest absolute Gasteiger partial charge is 0.368 e. The molecule has 1 aromatic carbocycles. The molecule has 0 bridgehead atoms. The van der Waals surface area contributed by atoms with Crippen LogP contribution in [0.3, 0.4) is 0 Å². The van der Waals surface area contributed by atoms with Crippen LogP contribution in [0.15, 0.2) is 30.3 Å². The fourth-order valence-corrected chi connectivity index (χ4v) is 2.32. The van der Waals surface area contributed by atoms with Gasteiger partial charge in [0.15, 0.2) is 0 Å². The Hall–Kier alpha value is -2.45. The highest BCUT2D eigenvalue weighted by Crippen LogP contribution is 2.25. The monoisotopic (exact) mass is 286 g/mol. The maximum atomic E-state index is 5.71. The molecule has 1 saturated heterocycles. The van der Waals surface area contributed by atoms with Gasteiger partial charge < -0.3 is 16.8 Å². The molecule has 0 aliphatic carbocycles. The van der Waals surface area contributed by atoms with Gasteiger partial charge in [0.25, 0.3) is 5.95 Å². The molecule has 1 aliphatic heterocycles. The van der Waals surface area contributed by atoms with Gasteiger partial charge in [0.1, 0.15) is 0 Å². The molecule has 0 amide bonds. The highest BCUT2D eigenvalue weighted by molar-refractivity contribution is 5.57. The number of anilines is 4. The van der Waals surface area contributed by atoms with Gasteiger partial charge in [-0.25, -0.2) is 10.0 Å². The Morgan fingerprint density at radius 1 is 0.952 bits per heavy atom. The Labute approximate surface area is 122 Å². The van der Waals surface area contributed by atoms with Crippen LogP contribution in [0.2, 0.25) is 0 Å². The molecule has 0 atom stereocenters. The van der Waals surface area contributed by atoms with Crippen molar-refractivity contribution in [3.8, 4) is 0 Å². The van der Waals surface area contributed by atoms with E-state index < -0.39 is 0 Å². The van der Waals surface area contributed by atoms with E-state index in [4.69, 9.17) is 11.5 Å². The van der Waals surface area contributed by atoms with Crippen molar-refractivity contribution in [1.29, 1.82) is 0 Å². The van der Waals surface area contributed by atoms with Crippen LogP contribution in [-0.4, -0.2) is 46.1 Å². The van der Waals surface area contributed by atoms with Gasteiger partial charge in [0, 0.05) is 26.2 Å². The summed E-state index contributed by atoms with van der Waals surface area (Å²) in [5.41, 5.74) is 12.4. The van der Waals surface area contributed by atoms with Crippen LogP contribution in [0.1, 0.15) is 0 Å². The van der Waals surface area contributed by atoms with E-state index in [0.29, 0.717) is 5.95 Å². The van der Waals surface area contributed by atoms with E-state index in [1.165, 1.54) is 0 Å². The van der Waals surface area contributed by atoms with Crippen LogP contribution >= 0.6 is 0 Å². The summed E-state index contributed by atoms with van der Waals surface area (Å²) in [5, 5.41) is 7.43. The predicted molar refractivity (Wildman–Crippen MR) is 81.7 cm³/mol. The lowest BCUT2D eigenvalue weighted by Crippen LogP contribution is -2.51. The number of nitrogen functional groups attached to an aromatic ring is 2. The summed E-state index contributed by atoms with van der Waals surface area (Å²) in [4.78, 5) is 12.3. The van der Waals surface area contributed by atoms with Crippen LogP contribution in [0.4, 0.5) is 23.5 Å². The lowest BCUT2D eigenvalue weighted by atomic mass is 10.3. The van der Waals surface area contributed by atoms with Gasteiger partial charge in [-0.15, -0.1) is 0 Å². The molecule has 2 heterocycles. The lowest BCUT2D eigenvalue weighted by molar-refractivity contribution is 0.240. The van der Waals surface area contributed by atoms with Crippen molar-refractivity contribution in [3.05, 3.63) is 30.3 Å². The van der Waals surface area contributed by atoms with Gasteiger partial charge in [-0.1, -0.05) is 18.2 Å². The van der Waals surface area contributed by atoms with Gasteiger partial charge >= 0.3 is 0 Å². The summed E-state index contributed by atoms with van der Waals surface area (Å²) in [5.74, 6) is 0.676. The minimum atomic E-state index is 0.119. The number of hydrogen-bond donors (Lipinski definition) is 3. The van der Waals surface area contributed by atoms with Gasteiger partial charge in [-0.3, -0.25) is 0 Å². The molecule has 0 radical (unpaired) electrons. The van der Waals surface area contributed by atoms with Crippen molar-refractivity contribution in [2.45, 2.75) is 0 Å². The third-order valence-corrected chi connectivity index (χ3v) is 3.22. The summed E-state index contributed by atoms with van der Waals surface area (Å²) in [6.45, 7) is 3.50. The third-order valence-electron chi connectivity index (χ3n) is 3.22. The summed E-state index contributed by atoms with van der Waals surface area (Å²) in [6.07, 6.45) is 0. The van der Waals surface area contributed by atoms with Crippen LogP contribution in [-0.2, 0) is 0 Å². The zero-order valence-electron chi connectivity index (χ0n) is 11.6. The van der Waals surface area contributed by atoms with Crippen LogP contribution in [0.5, 0.6) is 0 Å². The quantitative estimate of drug-likeness (QED) is 0.723. The molecule has 0 unspecified atom stereocenters. The first kappa shape index (κ1) is 13.5. The number of hydrazine groups is 1. The number of nitrogens with zero attached hydrogens (tertiary/aromatic N) is 5. The zero-order chi connectivity index (χ0) is 14.7. The van der Waals surface area contributed by atoms with Gasteiger partial charge in [-0.2, -0.15) is 15.0 Å². The average Bonchev–Trinajstić information content (AvgIpc) is 2.49. The maximum Gasteiger partial charge on any atom is 0.251 e. The SMILES string of the molecule is Nc1nc(N)nc(N(c2ccccc2)N2CCNCC2)n1. The maximum absolute atomic E-state index is 5.71. The predicted octanol–water partition coefficient (Wildman–Crippen LogP) is -0.00570. The Kier molecular flexibility index (Phi) is 3.80. The number of nitrogens with one attached hydrogen (secondary N) is 1. The first-order valence-electron chi connectivity index (χ1n) is 6.82. The Morgan fingerprint density at radius 2 is 1.57 bits per heavy atom. The van der Waals surface area contributed by atoms with Crippen molar-refractivity contribution in [2.75, 3.05) is 42.7 Å². The molecule has 3 rings (SSSR count). The van der Waals surface area contributed by atoms with Gasteiger partial charge in [0.2, 0.25) is 11.9 Å². The minimum absolute atomic E-state index is 0.119. The summed E-state index contributed by atoms with van der Waals surface area (Å²) in [7, 11) is 0. The number of piperazine rings is 1. The van der Waals surface area contributed by atoms with E-state index >= 15 is 0 Å². The molecule has 1 aliphatic rings. The Balaban J connectivity index is 2.02. The molecule has 0 spiro atoms. The van der Waals surface area contributed by atoms with Gasteiger partial charge in [0.05, 0.1) is 5.69 Å². The number of nitrogens with two attached hydrogens (primary N) is 2. The molecular formula is C13H18N8. The molecule has 2 aromatic rings. The molecular weight excluding hydrogens is 268 g/mol. The normalized spacial score (nSPS) is 15.8. The van der Waals surface area contributed by atoms with Crippen LogP contribution < -0.4 is 21.8 Å². The highest BCUT2D eigenvalue weighted by atomic mass is 15.7. The van der Waals surface area contributed by atoms with Crippen molar-refractivity contribution in [2.24, 2.45) is 0 Å². The molecule has 8 nitrogen and oxygen atoms in total. The number of rotatable bonds is 3. The van der Waals surface area contributed by atoms with Gasteiger partial charge in [-0.05, 0) is 12.1 Å². The standard InChI is InChI=1S/C13H18N8/c14-11-17-12(15)19-13(18-11)21(10-4-2-1-3-5-10)20-8-6-16-7-9-20/h1-5,16H,6-9H2,(H4,14,15,17,18,19). The molecule has 1 fully saturated rings. The lowest BCUT2D eigenvalue weighted by Gasteiger charge is -2.37. The van der Waals surface area contributed by atoms with E-state index in [2.05, 4.69) is 25.3 Å². The van der Waals surface area contributed by atoms with E-state index in [0.717, 1.165) is 31.9 Å². The molecule has 5 N–H and O–H groups in total. The molecule has 110 valence electrons. The first-order chi connectivity index (χ1) is 10.2. The second-order valence-corrected chi connectivity index (χ2v) is 4.70. The van der Waals surface area contributed by atoms with Crippen molar-refractivity contribution in [1.82, 2.24) is 25.3 Å². The van der Waals surface area contributed by atoms with Crippen molar-refractivity contribution in [3.63, 3.8) is 0 Å². The number of benzene rings is 1. The second-order valence-electron chi connectivity index (χ2n) is 4.70. The first-order valence-corrected chi connectivity index (χ1v) is 6.82. The summed E-state index contributed by atoms with van der Waals surface area (Å²) < 4.78 is 0. The minimum Gasteiger partial charge on any atom is -0.368 e. The Bertz CT molecular complexity index is 576. The molecule has 1 aromatic heterocycles. The second kappa shape index (κ2) is 5.90. The molecule has 8 heteroatoms. The summed E-state index contributed by atoms with van der Waals surface area (Å²) >= 11 is 0. The highest BCUT2D eigenvalue weighted by Gasteiger charge is 2.23. The van der Waals surface area contributed by atoms with Crippen LogP contribution in [0.25, 0.3) is 0 Å². The zero-order valence-corrected chi connectivity index (χ0v) is 11.6. The fraction of sp³-hybridized carbons (Fsp3) is 0.308. The number of para-hydroxylation sites is 1. The number of aromatic nitrogens is 3. The Morgan fingerprint density at radius 3 is 2.19 bits per heavy atom. The van der Waals surface area contributed by atoms with E-state index in [1.54, 1.807) is 0 Å². The van der Waals surface area contributed by atoms with E-state index in [-0.39, 0.29) is 11.9 Å². The van der Waals surface area contributed by atoms with Crippen molar-refractivity contribution < 1.29 is 0 Å².